The zero-order valence-corrected chi connectivity index (χ0v) is 10.00. The molecule has 4 nitrogen and oxygen atoms in total. The number of hydrogen-bond donors (Lipinski definition) is 1. The maximum absolute atomic E-state index is 11.8. The van der Waals surface area contributed by atoms with Gasteiger partial charge in [-0.05, 0) is 42.6 Å². The molecule has 0 aliphatic carbocycles. The predicted molar refractivity (Wildman–Crippen MR) is 68.8 cm³/mol. The number of rotatable bonds is 1. The van der Waals surface area contributed by atoms with Gasteiger partial charge in [0.1, 0.15) is 0 Å². The SMILES string of the molecule is O=c1[nH]c(Cl)nc2ccc(N3CCCC3)cc12. The highest BCUT2D eigenvalue weighted by Gasteiger charge is 2.13. The first-order valence-corrected chi connectivity index (χ1v) is 6.06. The molecule has 1 aliphatic heterocycles. The smallest absolute Gasteiger partial charge is 0.259 e. The Hall–Kier alpha value is -1.55. The Morgan fingerprint density at radius 3 is 2.82 bits per heavy atom. The van der Waals surface area contributed by atoms with Gasteiger partial charge in [0.05, 0.1) is 10.9 Å². The van der Waals surface area contributed by atoms with Crippen LogP contribution in [0.25, 0.3) is 10.9 Å². The van der Waals surface area contributed by atoms with E-state index < -0.39 is 0 Å². The number of halogens is 1. The number of anilines is 1. The fourth-order valence-corrected chi connectivity index (χ4v) is 2.45. The lowest BCUT2D eigenvalue weighted by Gasteiger charge is -2.17. The summed E-state index contributed by atoms with van der Waals surface area (Å²) in [6.45, 7) is 2.12. The van der Waals surface area contributed by atoms with Crippen LogP contribution in [0.15, 0.2) is 23.0 Å². The molecule has 1 aliphatic rings. The molecular weight excluding hydrogens is 238 g/mol. The van der Waals surface area contributed by atoms with Crippen LogP contribution in [0.1, 0.15) is 12.8 Å². The van der Waals surface area contributed by atoms with Gasteiger partial charge in [0, 0.05) is 18.8 Å². The van der Waals surface area contributed by atoms with Crippen molar-refractivity contribution in [3.63, 3.8) is 0 Å². The lowest BCUT2D eigenvalue weighted by Crippen LogP contribution is -2.18. The molecule has 0 saturated carbocycles. The topological polar surface area (TPSA) is 49.0 Å². The van der Waals surface area contributed by atoms with Crippen LogP contribution in [0.3, 0.4) is 0 Å². The summed E-state index contributed by atoms with van der Waals surface area (Å²) < 4.78 is 0. The fraction of sp³-hybridized carbons (Fsp3) is 0.333. The quantitative estimate of drug-likeness (QED) is 0.788. The number of H-pyrrole nitrogens is 1. The third-order valence-corrected chi connectivity index (χ3v) is 3.31. The Morgan fingerprint density at radius 1 is 1.29 bits per heavy atom. The van der Waals surface area contributed by atoms with E-state index >= 15 is 0 Å². The second-order valence-corrected chi connectivity index (χ2v) is 4.61. The van der Waals surface area contributed by atoms with Crippen molar-refractivity contribution in [2.45, 2.75) is 12.8 Å². The van der Waals surface area contributed by atoms with E-state index in [0.29, 0.717) is 10.9 Å². The van der Waals surface area contributed by atoms with Gasteiger partial charge in [-0.1, -0.05) is 0 Å². The number of fused-ring (bicyclic) bond motifs is 1. The van der Waals surface area contributed by atoms with Crippen LogP contribution in [-0.4, -0.2) is 23.1 Å². The Bertz CT molecular complexity index is 617. The molecule has 2 heterocycles. The normalized spacial score (nSPS) is 15.7. The highest BCUT2D eigenvalue weighted by Crippen LogP contribution is 2.22. The molecule has 1 N–H and O–H groups in total. The molecule has 5 heteroatoms. The van der Waals surface area contributed by atoms with E-state index in [4.69, 9.17) is 11.6 Å². The van der Waals surface area contributed by atoms with Crippen LogP contribution in [0.4, 0.5) is 5.69 Å². The van der Waals surface area contributed by atoms with Gasteiger partial charge in [-0.15, -0.1) is 0 Å². The third-order valence-electron chi connectivity index (χ3n) is 3.13. The summed E-state index contributed by atoms with van der Waals surface area (Å²) >= 11 is 5.71. The van der Waals surface area contributed by atoms with Gasteiger partial charge in [0.15, 0.2) is 0 Å². The van der Waals surface area contributed by atoms with Crippen molar-refractivity contribution in [2.24, 2.45) is 0 Å². The third kappa shape index (κ3) is 1.89. The van der Waals surface area contributed by atoms with Gasteiger partial charge in [-0.3, -0.25) is 9.78 Å². The van der Waals surface area contributed by atoms with Crippen molar-refractivity contribution < 1.29 is 0 Å². The standard InChI is InChI=1S/C12H12ClN3O/c13-12-14-10-4-3-8(16-5-1-2-6-16)7-9(10)11(17)15-12/h3-4,7H,1-2,5-6H2,(H,14,15,17). The Morgan fingerprint density at radius 2 is 2.06 bits per heavy atom. The lowest BCUT2D eigenvalue weighted by atomic mass is 10.2. The van der Waals surface area contributed by atoms with Crippen molar-refractivity contribution >= 4 is 28.2 Å². The zero-order chi connectivity index (χ0) is 11.8. The Kier molecular flexibility index (Phi) is 2.52. The number of hydrogen-bond acceptors (Lipinski definition) is 3. The average molecular weight is 250 g/mol. The monoisotopic (exact) mass is 249 g/mol. The molecule has 1 saturated heterocycles. The minimum atomic E-state index is -0.180. The van der Waals surface area contributed by atoms with E-state index in [1.807, 2.05) is 18.2 Å². The van der Waals surface area contributed by atoms with Crippen LogP contribution in [0, 0.1) is 0 Å². The molecule has 3 rings (SSSR count). The number of aromatic amines is 1. The van der Waals surface area contributed by atoms with E-state index in [0.717, 1.165) is 18.8 Å². The van der Waals surface area contributed by atoms with Gasteiger partial charge in [0.2, 0.25) is 5.28 Å². The molecule has 17 heavy (non-hydrogen) atoms. The van der Waals surface area contributed by atoms with Gasteiger partial charge < -0.3 is 4.90 Å². The van der Waals surface area contributed by atoms with E-state index in [1.165, 1.54) is 12.8 Å². The number of aromatic nitrogens is 2. The summed E-state index contributed by atoms with van der Waals surface area (Å²) in [4.78, 5) is 20.7. The summed E-state index contributed by atoms with van der Waals surface area (Å²) in [5.41, 5.74) is 1.55. The van der Waals surface area contributed by atoms with Gasteiger partial charge in [0.25, 0.3) is 5.56 Å². The van der Waals surface area contributed by atoms with Gasteiger partial charge in [-0.2, -0.15) is 0 Å². The highest BCUT2D eigenvalue weighted by molar-refractivity contribution is 6.28. The van der Waals surface area contributed by atoms with E-state index in [2.05, 4.69) is 14.9 Å². The van der Waals surface area contributed by atoms with Gasteiger partial charge >= 0.3 is 0 Å². The molecule has 0 unspecified atom stereocenters. The summed E-state index contributed by atoms with van der Waals surface area (Å²) in [6, 6.07) is 5.74. The number of nitrogens with zero attached hydrogens (tertiary/aromatic N) is 2. The lowest BCUT2D eigenvalue weighted by molar-refractivity contribution is 0.949. The van der Waals surface area contributed by atoms with Crippen molar-refractivity contribution in [1.29, 1.82) is 0 Å². The fourth-order valence-electron chi connectivity index (χ4n) is 2.27. The van der Waals surface area contributed by atoms with Crippen molar-refractivity contribution in [3.05, 3.63) is 33.8 Å². The maximum Gasteiger partial charge on any atom is 0.259 e. The summed E-state index contributed by atoms with van der Waals surface area (Å²) in [5.74, 6) is 0. The van der Waals surface area contributed by atoms with Crippen molar-refractivity contribution in [1.82, 2.24) is 9.97 Å². The van der Waals surface area contributed by atoms with E-state index in [-0.39, 0.29) is 10.8 Å². The summed E-state index contributed by atoms with van der Waals surface area (Å²) in [5, 5.41) is 0.732. The Balaban J connectivity index is 2.15. The van der Waals surface area contributed by atoms with Crippen LogP contribution < -0.4 is 10.5 Å². The molecule has 0 atom stereocenters. The molecule has 2 aromatic rings. The minimum absolute atomic E-state index is 0.136. The molecule has 0 spiro atoms. The molecule has 0 bridgehead atoms. The number of nitrogens with one attached hydrogen (secondary N) is 1. The zero-order valence-electron chi connectivity index (χ0n) is 9.24. The average Bonchev–Trinajstić information content (AvgIpc) is 2.82. The predicted octanol–water partition coefficient (Wildman–Crippen LogP) is 2.18. The van der Waals surface area contributed by atoms with Crippen LogP contribution in [-0.2, 0) is 0 Å². The maximum atomic E-state index is 11.8. The van der Waals surface area contributed by atoms with Gasteiger partial charge in [-0.25, -0.2) is 4.98 Å². The first-order chi connectivity index (χ1) is 8.24. The Labute approximate surface area is 103 Å². The van der Waals surface area contributed by atoms with Crippen molar-refractivity contribution in [3.8, 4) is 0 Å². The molecule has 0 radical (unpaired) electrons. The molecular formula is C12H12ClN3O. The molecule has 1 aromatic heterocycles. The summed E-state index contributed by atoms with van der Waals surface area (Å²) in [6.07, 6.45) is 2.43. The second kappa shape index (κ2) is 4.04. The minimum Gasteiger partial charge on any atom is -0.372 e. The molecule has 88 valence electrons. The molecule has 1 fully saturated rings. The first kappa shape index (κ1) is 10.6. The van der Waals surface area contributed by atoms with Crippen LogP contribution in [0.2, 0.25) is 5.28 Å². The largest absolute Gasteiger partial charge is 0.372 e. The molecule has 1 aromatic carbocycles. The van der Waals surface area contributed by atoms with E-state index in [9.17, 15) is 4.79 Å². The first-order valence-electron chi connectivity index (χ1n) is 5.68. The van der Waals surface area contributed by atoms with Crippen LogP contribution in [0.5, 0.6) is 0 Å². The van der Waals surface area contributed by atoms with Crippen molar-refractivity contribution in [2.75, 3.05) is 18.0 Å². The van der Waals surface area contributed by atoms with Crippen LogP contribution >= 0.6 is 11.6 Å². The van der Waals surface area contributed by atoms with E-state index in [1.54, 1.807) is 0 Å². The second-order valence-electron chi connectivity index (χ2n) is 4.25. The number of benzene rings is 1. The summed E-state index contributed by atoms with van der Waals surface area (Å²) in [7, 11) is 0. The highest BCUT2D eigenvalue weighted by atomic mass is 35.5. The molecule has 0 amide bonds.